The maximum atomic E-state index is 12.6. The van der Waals surface area contributed by atoms with Gasteiger partial charge in [0, 0.05) is 17.8 Å². The number of rotatable bonds is 10. The summed E-state index contributed by atoms with van der Waals surface area (Å²) in [7, 11) is -3.69. The van der Waals surface area contributed by atoms with Crippen LogP contribution < -0.4 is 14.8 Å². The van der Waals surface area contributed by atoms with E-state index in [-0.39, 0.29) is 10.8 Å². The lowest BCUT2D eigenvalue weighted by Crippen LogP contribution is -2.24. The van der Waals surface area contributed by atoms with Crippen LogP contribution in [0, 0.1) is 13.8 Å². The van der Waals surface area contributed by atoms with Crippen molar-refractivity contribution >= 4 is 21.6 Å². The van der Waals surface area contributed by atoms with E-state index in [2.05, 4.69) is 10.0 Å². The number of anilines is 1. The number of nitrogens with one attached hydrogen (secondary N) is 2. The molecule has 0 saturated heterocycles. The zero-order valence-corrected chi connectivity index (χ0v) is 19.1. The Labute approximate surface area is 189 Å². The molecule has 3 aromatic rings. The maximum Gasteiger partial charge on any atom is 0.261 e. The van der Waals surface area contributed by atoms with Crippen molar-refractivity contribution in [3.8, 4) is 5.75 Å². The third-order valence-electron chi connectivity index (χ3n) is 5.06. The van der Waals surface area contributed by atoms with Crippen LogP contribution in [-0.2, 0) is 10.0 Å². The summed E-state index contributed by atoms with van der Waals surface area (Å²) >= 11 is 0. The molecule has 0 bridgehead atoms. The van der Waals surface area contributed by atoms with Crippen LogP contribution in [-0.4, -0.2) is 27.5 Å². The first-order valence-corrected chi connectivity index (χ1v) is 12.0. The third kappa shape index (κ3) is 6.59. The Morgan fingerprint density at radius 1 is 0.875 bits per heavy atom. The number of carbonyl (C=O) groups is 1. The van der Waals surface area contributed by atoms with Crippen molar-refractivity contribution in [3.05, 3.63) is 89.5 Å². The Hall–Kier alpha value is -3.32. The molecule has 32 heavy (non-hydrogen) atoms. The van der Waals surface area contributed by atoms with E-state index < -0.39 is 10.0 Å². The van der Waals surface area contributed by atoms with Gasteiger partial charge in [0.15, 0.2) is 0 Å². The summed E-state index contributed by atoms with van der Waals surface area (Å²) in [6.07, 6.45) is 1.63. The minimum absolute atomic E-state index is 0.197. The van der Waals surface area contributed by atoms with E-state index >= 15 is 0 Å². The number of ether oxygens (including phenoxy) is 1. The summed E-state index contributed by atoms with van der Waals surface area (Å²) in [6.45, 7) is 4.94. The van der Waals surface area contributed by atoms with Crippen molar-refractivity contribution in [3.63, 3.8) is 0 Å². The lowest BCUT2D eigenvalue weighted by molar-refractivity contribution is 0.0952. The van der Waals surface area contributed by atoms with Gasteiger partial charge in [0.05, 0.1) is 11.5 Å². The third-order valence-corrected chi connectivity index (χ3v) is 6.44. The average Bonchev–Trinajstić information content (AvgIpc) is 2.78. The molecule has 7 heteroatoms. The van der Waals surface area contributed by atoms with Crippen LogP contribution in [0.15, 0.2) is 77.7 Å². The van der Waals surface area contributed by atoms with Crippen molar-refractivity contribution in [1.82, 2.24) is 5.32 Å². The minimum Gasteiger partial charge on any atom is -0.494 e. The fourth-order valence-electron chi connectivity index (χ4n) is 3.02. The molecule has 1 amide bonds. The van der Waals surface area contributed by atoms with E-state index in [0.29, 0.717) is 24.4 Å². The molecule has 168 valence electrons. The number of para-hydroxylation sites is 1. The van der Waals surface area contributed by atoms with Gasteiger partial charge in [0.2, 0.25) is 0 Å². The predicted molar refractivity (Wildman–Crippen MR) is 127 cm³/mol. The second-order valence-electron chi connectivity index (χ2n) is 7.55. The van der Waals surface area contributed by atoms with Gasteiger partial charge >= 0.3 is 0 Å². The fraction of sp³-hybridized carbons (Fsp3) is 0.240. The van der Waals surface area contributed by atoms with E-state index in [4.69, 9.17) is 4.74 Å². The molecule has 0 spiro atoms. The standard InChI is InChI=1S/C25H28N2O4S/c1-19-10-15-24(18-20(19)2)32(29,30)27-22-13-11-21(12-14-22)25(28)26-16-6-7-17-31-23-8-4-3-5-9-23/h3-5,8-15,18,27H,6-7,16-17H2,1-2H3,(H,26,28). The molecule has 6 nitrogen and oxygen atoms in total. The van der Waals surface area contributed by atoms with E-state index in [1.54, 1.807) is 42.5 Å². The molecule has 3 aromatic carbocycles. The van der Waals surface area contributed by atoms with E-state index in [1.165, 1.54) is 0 Å². The van der Waals surface area contributed by atoms with Gasteiger partial charge in [-0.2, -0.15) is 0 Å². The number of unbranched alkanes of at least 4 members (excludes halogenated alkanes) is 1. The van der Waals surface area contributed by atoms with Gasteiger partial charge in [0.1, 0.15) is 5.75 Å². The summed E-state index contributed by atoms with van der Waals surface area (Å²) in [5.74, 6) is 0.641. The molecule has 2 N–H and O–H groups in total. The molecular weight excluding hydrogens is 424 g/mol. The fourth-order valence-corrected chi connectivity index (χ4v) is 4.17. The minimum atomic E-state index is -3.69. The van der Waals surface area contributed by atoms with Gasteiger partial charge in [-0.05, 0) is 86.3 Å². The molecule has 0 aliphatic heterocycles. The van der Waals surface area contributed by atoms with Crippen LogP contribution in [0.5, 0.6) is 5.75 Å². The second-order valence-corrected chi connectivity index (χ2v) is 9.24. The first-order valence-electron chi connectivity index (χ1n) is 10.5. The van der Waals surface area contributed by atoms with Crippen LogP contribution in [0.25, 0.3) is 0 Å². The van der Waals surface area contributed by atoms with Gasteiger partial charge < -0.3 is 10.1 Å². The van der Waals surface area contributed by atoms with Crippen LogP contribution in [0.1, 0.15) is 34.3 Å². The van der Waals surface area contributed by atoms with Gasteiger partial charge in [-0.3, -0.25) is 9.52 Å². The molecule has 0 aliphatic rings. The van der Waals surface area contributed by atoms with Gasteiger partial charge in [-0.1, -0.05) is 24.3 Å². The Balaban J connectivity index is 1.45. The number of aryl methyl sites for hydroxylation is 2. The van der Waals surface area contributed by atoms with Crippen LogP contribution in [0.2, 0.25) is 0 Å². The molecule has 0 atom stereocenters. The Bertz CT molecular complexity index is 1140. The monoisotopic (exact) mass is 452 g/mol. The summed E-state index contributed by atoms with van der Waals surface area (Å²) in [4.78, 5) is 12.5. The smallest absolute Gasteiger partial charge is 0.261 e. The largest absolute Gasteiger partial charge is 0.494 e. The zero-order valence-electron chi connectivity index (χ0n) is 18.3. The van der Waals surface area contributed by atoms with E-state index in [1.807, 2.05) is 44.2 Å². The predicted octanol–water partition coefficient (Wildman–Crippen LogP) is 4.69. The molecule has 0 radical (unpaired) electrons. The summed E-state index contributed by atoms with van der Waals surface area (Å²) < 4.78 is 33.4. The number of carbonyl (C=O) groups excluding carboxylic acids is 1. The van der Waals surface area contributed by atoms with Crippen molar-refractivity contribution in [2.45, 2.75) is 31.6 Å². The van der Waals surface area contributed by atoms with Crippen molar-refractivity contribution in [1.29, 1.82) is 0 Å². The van der Waals surface area contributed by atoms with E-state index in [0.717, 1.165) is 29.7 Å². The first-order chi connectivity index (χ1) is 15.3. The Morgan fingerprint density at radius 2 is 1.59 bits per heavy atom. The summed E-state index contributed by atoms with van der Waals surface area (Å²) in [6, 6.07) is 21.0. The van der Waals surface area contributed by atoms with Gasteiger partial charge in [-0.25, -0.2) is 8.42 Å². The molecular formula is C25H28N2O4S. The number of amides is 1. The van der Waals surface area contributed by atoms with Crippen LogP contribution in [0.4, 0.5) is 5.69 Å². The molecule has 0 aromatic heterocycles. The van der Waals surface area contributed by atoms with Gasteiger partial charge in [0.25, 0.3) is 15.9 Å². The molecule has 0 aliphatic carbocycles. The normalized spacial score (nSPS) is 11.1. The Morgan fingerprint density at radius 3 is 2.28 bits per heavy atom. The molecule has 0 heterocycles. The lowest BCUT2D eigenvalue weighted by Gasteiger charge is -2.11. The van der Waals surface area contributed by atoms with Crippen molar-refractivity contribution in [2.24, 2.45) is 0 Å². The molecule has 0 unspecified atom stereocenters. The average molecular weight is 453 g/mol. The highest BCUT2D eigenvalue weighted by Crippen LogP contribution is 2.19. The lowest BCUT2D eigenvalue weighted by atomic mass is 10.1. The molecule has 0 saturated carbocycles. The quantitative estimate of drug-likeness (QED) is 0.437. The summed E-state index contributed by atoms with van der Waals surface area (Å²) in [5.41, 5.74) is 2.81. The maximum absolute atomic E-state index is 12.6. The Kier molecular flexibility index (Phi) is 7.89. The first kappa shape index (κ1) is 23.3. The topological polar surface area (TPSA) is 84.5 Å². The molecule has 3 rings (SSSR count). The highest BCUT2D eigenvalue weighted by molar-refractivity contribution is 7.92. The molecule has 0 fully saturated rings. The highest BCUT2D eigenvalue weighted by atomic mass is 32.2. The zero-order chi connectivity index (χ0) is 23.0. The van der Waals surface area contributed by atoms with E-state index in [9.17, 15) is 13.2 Å². The van der Waals surface area contributed by atoms with Gasteiger partial charge in [-0.15, -0.1) is 0 Å². The number of benzene rings is 3. The number of sulfonamides is 1. The van der Waals surface area contributed by atoms with Crippen molar-refractivity contribution in [2.75, 3.05) is 17.9 Å². The second kappa shape index (κ2) is 10.8. The number of hydrogen-bond donors (Lipinski definition) is 2. The number of hydrogen-bond acceptors (Lipinski definition) is 4. The highest BCUT2D eigenvalue weighted by Gasteiger charge is 2.15. The van der Waals surface area contributed by atoms with Crippen LogP contribution in [0.3, 0.4) is 0 Å². The van der Waals surface area contributed by atoms with Crippen LogP contribution >= 0.6 is 0 Å². The van der Waals surface area contributed by atoms with Crippen molar-refractivity contribution < 1.29 is 17.9 Å². The SMILES string of the molecule is Cc1ccc(S(=O)(=O)Nc2ccc(C(=O)NCCCCOc3ccccc3)cc2)cc1C. The summed E-state index contributed by atoms with van der Waals surface area (Å²) in [5, 5.41) is 2.87.